The molecule has 1 unspecified atom stereocenters. The van der Waals surface area contributed by atoms with Gasteiger partial charge in [-0.1, -0.05) is 12.2 Å². The molecule has 1 heterocycles. The van der Waals surface area contributed by atoms with Crippen molar-refractivity contribution in [2.45, 2.75) is 71.1 Å². The van der Waals surface area contributed by atoms with Crippen LogP contribution in [0.1, 0.15) is 81.2 Å². The zero-order valence-corrected chi connectivity index (χ0v) is 19.2. The third-order valence-electron chi connectivity index (χ3n) is 4.32. The van der Waals surface area contributed by atoms with Crippen molar-refractivity contribution in [3.8, 4) is 5.75 Å². The molecule has 0 radical (unpaired) electrons. The third kappa shape index (κ3) is 7.48. The van der Waals surface area contributed by atoms with E-state index in [-0.39, 0.29) is 12.6 Å². The van der Waals surface area contributed by atoms with Gasteiger partial charge in [0.15, 0.2) is 11.4 Å². The Morgan fingerprint density at radius 2 is 1.93 bits per heavy atom. The van der Waals surface area contributed by atoms with Crippen LogP contribution in [0.4, 0.5) is 0 Å². The van der Waals surface area contributed by atoms with Gasteiger partial charge in [0, 0.05) is 11.3 Å². The molecule has 0 spiro atoms. The topological polar surface area (TPSA) is 80.4 Å². The van der Waals surface area contributed by atoms with Gasteiger partial charge in [0.1, 0.15) is 0 Å². The smallest absolute Gasteiger partial charge is 0.358 e. The maximum absolute atomic E-state index is 12.7. The summed E-state index contributed by atoms with van der Waals surface area (Å²) >= 11 is 0. The van der Waals surface area contributed by atoms with Crippen LogP contribution in [0.2, 0.25) is 0 Å². The van der Waals surface area contributed by atoms with E-state index < -0.39 is 21.7 Å². The lowest BCUT2D eigenvalue weighted by atomic mass is 10.1. The van der Waals surface area contributed by atoms with Crippen LogP contribution in [0.25, 0.3) is 0 Å². The van der Waals surface area contributed by atoms with Crippen LogP contribution in [-0.2, 0) is 15.7 Å². The Kier molecular flexibility index (Phi) is 10.4. The van der Waals surface area contributed by atoms with Crippen LogP contribution >= 0.6 is 0 Å². The van der Waals surface area contributed by atoms with E-state index in [1.165, 1.54) is 0 Å². The summed E-state index contributed by atoms with van der Waals surface area (Å²) in [6, 6.07) is -0.244. The molecule has 0 bridgehead atoms. The number of nitrogens with one attached hydrogen (secondary N) is 2. The number of carbonyl (C=O) groups excluding carboxylic acids is 1. The molecule has 2 atom stereocenters. The highest BCUT2D eigenvalue weighted by atomic mass is 32.2. The lowest BCUT2D eigenvalue weighted by molar-refractivity contribution is 0.0515. The Balaban J connectivity index is 3.28. The first-order valence-corrected chi connectivity index (χ1v) is 11.2. The predicted molar refractivity (Wildman–Crippen MR) is 120 cm³/mol. The molecule has 29 heavy (non-hydrogen) atoms. The molecule has 0 fully saturated rings. The van der Waals surface area contributed by atoms with Gasteiger partial charge in [-0.2, -0.15) is 0 Å². The van der Waals surface area contributed by atoms with E-state index in [9.17, 15) is 9.00 Å². The average Bonchev–Trinajstić information content (AvgIpc) is 2.98. The molecule has 1 rings (SSSR count). The lowest BCUT2D eigenvalue weighted by Gasteiger charge is -2.24. The summed E-state index contributed by atoms with van der Waals surface area (Å²) in [5.41, 5.74) is 1.90. The van der Waals surface area contributed by atoms with Crippen molar-refractivity contribution in [1.29, 1.82) is 0 Å². The van der Waals surface area contributed by atoms with Crippen LogP contribution in [0, 0.1) is 6.92 Å². The van der Waals surface area contributed by atoms with Gasteiger partial charge in [-0.3, -0.25) is 0 Å². The molecule has 0 aliphatic heterocycles. The highest BCUT2D eigenvalue weighted by Crippen LogP contribution is 2.33. The third-order valence-corrected chi connectivity index (χ3v) is 5.93. The number of ether oxygens (including phenoxy) is 2. The van der Waals surface area contributed by atoms with Crippen LogP contribution in [0.15, 0.2) is 25.3 Å². The molecule has 7 heteroatoms. The van der Waals surface area contributed by atoms with E-state index in [0.29, 0.717) is 24.5 Å². The van der Waals surface area contributed by atoms with E-state index >= 15 is 0 Å². The number of aromatic nitrogens is 1. The predicted octanol–water partition coefficient (Wildman–Crippen LogP) is 4.90. The number of aromatic amines is 1. The molecule has 1 aromatic heterocycles. The molecule has 0 saturated heterocycles. The number of H-pyrrole nitrogens is 1. The number of rotatable bonds is 13. The summed E-state index contributed by atoms with van der Waals surface area (Å²) < 4.78 is 26.7. The number of carbonyl (C=O) groups is 1. The van der Waals surface area contributed by atoms with Gasteiger partial charge < -0.3 is 14.5 Å². The quantitative estimate of drug-likeness (QED) is 0.268. The summed E-state index contributed by atoms with van der Waals surface area (Å²) in [6.07, 6.45) is 6.72. The Morgan fingerprint density at radius 1 is 1.28 bits per heavy atom. The van der Waals surface area contributed by atoms with Crippen molar-refractivity contribution < 1.29 is 18.5 Å². The summed E-state index contributed by atoms with van der Waals surface area (Å²) in [5, 5.41) is 0. The SMILES string of the molecule is C=CCCCOc1c(C(=O)OCC)[nH]c(C(CCC=C)N[S@](=O)C(C)(C)C)c1C. The molecule has 1 aromatic rings. The summed E-state index contributed by atoms with van der Waals surface area (Å²) in [5.74, 6) is 0.0365. The fourth-order valence-electron chi connectivity index (χ4n) is 2.73. The largest absolute Gasteiger partial charge is 0.491 e. The van der Waals surface area contributed by atoms with Gasteiger partial charge in [0.05, 0.1) is 35.0 Å². The normalized spacial score (nSPS) is 13.6. The molecular weight excluding hydrogens is 388 g/mol. The van der Waals surface area contributed by atoms with E-state index in [4.69, 9.17) is 9.47 Å². The standard InChI is InChI=1S/C22H36N2O4S/c1-8-11-13-15-28-20-16(4)18(23-19(20)21(25)27-10-3)17(14-12-9-2)24-29(26)22(5,6)7/h8-9,17,23-24H,1-2,10-15H2,3-7H3/t17?,29-/m1/s1. The second-order valence-corrected chi connectivity index (χ2v) is 9.78. The van der Waals surface area contributed by atoms with E-state index in [0.717, 1.165) is 30.5 Å². The monoisotopic (exact) mass is 424 g/mol. The van der Waals surface area contributed by atoms with Gasteiger partial charge in [0.2, 0.25) is 0 Å². The first-order chi connectivity index (χ1) is 13.7. The fourth-order valence-corrected chi connectivity index (χ4v) is 3.57. The Bertz CT molecular complexity index is 719. The minimum absolute atomic E-state index is 0.244. The lowest BCUT2D eigenvalue weighted by Crippen LogP contribution is -2.36. The van der Waals surface area contributed by atoms with Crippen molar-refractivity contribution in [3.05, 3.63) is 42.3 Å². The number of esters is 1. The van der Waals surface area contributed by atoms with Gasteiger partial charge >= 0.3 is 5.97 Å². The molecule has 0 saturated carbocycles. The van der Waals surface area contributed by atoms with Crippen LogP contribution in [0.5, 0.6) is 5.75 Å². The number of hydrogen-bond acceptors (Lipinski definition) is 4. The Morgan fingerprint density at radius 3 is 2.48 bits per heavy atom. The van der Waals surface area contributed by atoms with Gasteiger partial charge in [0.25, 0.3) is 0 Å². The van der Waals surface area contributed by atoms with Gasteiger partial charge in [-0.05, 0) is 60.3 Å². The average molecular weight is 425 g/mol. The van der Waals surface area contributed by atoms with Crippen molar-refractivity contribution >= 4 is 17.0 Å². The molecule has 2 N–H and O–H groups in total. The van der Waals surface area contributed by atoms with Crippen molar-refractivity contribution in [1.82, 2.24) is 9.71 Å². The molecule has 0 aliphatic carbocycles. The van der Waals surface area contributed by atoms with E-state index in [2.05, 4.69) is 22.9 Å². The first kappa shape index (κ1) is 25.2. The number of hydrogen-bond donors (Lipinski definition) is 2. The minimum Gasteiger partial charge on any atom is -0.491 e. The number of allylic oxidation sites excluding steroid dienone is 2. The molecule has 0 aliphatic rings. The van der Waals surface area contributed by atoms with Crippen LogP contribution in [-0.4, -0.2) is 33.1 Å². The second kappa shape index (κ2) is 12.0. The molecular formula is C22H36N2O4S. The zero-order chi connectivity index (χ0) is 22.0. The van der Waals surface area contributed by atoms with E-state index in [1.54, 1.807) is 6.92 Å². The van der Waals surface area contributed by atoms with Gasteiger partial charge in [-0.15, -0.1) is 13.2 Å². The highest BCUT2D eigenvalue weighted by Gasteiger charge is 2.29. The maximum Gasteiger partial charge on any atom is 0.358 e. The summed E-state index contributed by atoms with van der Waals surface area (Å²) in [7, 11) is -1.27. The summed E-state index contributed by atoms with van der Waals surface area (Å²) in [6.45, 7) is 17.7. The number of unbranched alkanes of at least 4 members (excludes halogenated alkanes) is 1. The summed E-state index contributed by atoms with van der Waals surface area (Å²) in [4.78, 5) is 15.7. The Hall–Kier alpha value is -1.86. The molecule has 0 aromatic carbocycles. The van der Waals surface area contributed by atoms with Crippen molar-refractivity contribution in [2.24, 2.45) is 0 Å². The molecule has 164 valence electrons. The maximum atomic E-state index is 12.7. The van der Waals surface area contributed by atoms with Crippen molar-refractivity contribution in [3.63, 3.8) is 0 Å². The first-order valence-electron chi connectivity index (χ1n) is 10.1. The van der Waals surface area contributed by atoms with Crippen LogP contribution < -0.4 is 9.46 Å². The van der Waals surface area contributed by atoms with Crippen LogP contribution in [0.3, 0.4) is 0 Å². The highest BCUT2D eigenvalue weighted by molar-refractivity contribution is 7.84. The van der Waals surface area contributed by atoms with Crippen molar-refractivity contribution in [2.75, 3.05) is 13.2 Å². The van der Waals surface area contributed by atoms with E-state index in [1.807, 2.05) is 39.8 Å². The van der Waals surface area contributed by atoms with Gasteiger partial charge in [-0.25, -0.2) is 13.7 Å². The Labute approximate surface area is 177 Å². The zero-order valence-electron chi connectivity index (χ0n) is 18.4. The molecule has 0 amide bonds. The minimum atomic E-state index is -1.27. The second-order valence-electron chi connectivity index (χ2n) is 7.79. The fraction of sp³-hybridized carbons (Fsp3) is 0.591. The molecule has 6 nitrogen and oxygen atoms in total.